The monoisotopic (exact) mass is 325 g/mol. The molecule has 0 saturated carbocycles. The maximum atomic E-state index is 12.1. The normalized spacial score (nSPS) is 16.7. The third-order valence-corrected chi connectivity index (χ3v) is 4.16. The van der Waals surface area contributed by atoms with Gasteiger partial charge in [-0.15, -0.1) is 0 Å². The van der Waals surface area contributed by atoms with Gasteiger partial charge in [0.2, 0.25) is 0 Å². The second-order valence-corrected chi connectivity index (χ2v) is 7.16. The van der Waals surface area contributed by atoms with Crippen molar-refractivity contribution in [2.24, 2.45) is 0 Å². The van der Waals surface area contributed by atoms with Crippen molar-refractivity contribution in [2.45, 2.75) is 51.7 Å². The Hall–Kier alpha value is -1.26. The largest absolute Gasteiger partial charge is 0.444 e. The van der Waals surface area contributed by atoms with E-state index in [9.17, 15) is 4.79 Å². The van der Waals surface area contributed by atoms with Crippen LogP contribution in [0.2, 0.25) is 5.02 Å². The fourth-order valence-electron chi connectivity index (χ4n) is 2.70. The molecule has 1 aromatic carbocycles. The molecule has 1 aliphatic heterocycles. The van der Waals surface area contributed by atoms with Gasteiger partial charge >= 0.3 is 6.09 Å². The van der Waals surface area contributed by atoms with Crippen molar-refractivity contribution >= 4 is 17.7 Å². The molecule has 122 valence electrons. The molecule has 1 amide bonds. The average Bonchev–Trinajstić information content (AvgIpc) is 2.45. The summed E-state index contributed by atoms with van der Waals surface area (Å²) in [7, 11) is 0. The van der Waals surface area contributed by atoms with Crippen molar-refractivity contribution in [2.75, 3.05) is 13.1 Å². The zero-order chi connectivity index (χ0) is 16.3. The van der Waals surface area contributed by atoms with Gasteiger partial charge in [0.25, 0.3) is 0 Å². The van der Waals surface area contributed by atoms with Gasteiger partial charge in [-0.1, -0.05) is 23.7 Å². The number of amides is 1. The Balaban J connectivity index is 1.96. The number of halogens is 1. The van der Waals surface area contributed by atoms with Gasteiger partial charge < -0.3 is 14.7 Å². The molecule has 4 nitrogen and oxygen atoms in total. The van der Waals surface area contributed by atoms with E-state index >= 15 is 0 Å². The van der Waals surface area contributed by atoms with Crippen molar-refractivity contribution in [1.29, 1.82) is 0 Å². The highest BCUT2D eigenvalue weighted by Crippen LogP contribution is 2.33. The number of rotatable bonds is 2. The van der Waals surface area contributed by atoms with Crippen molar-refractivity contribution in [3.8, 4) is 0 Å². The van der Waals surface area contributed by atoms with Crippen LogP contribution >= 0.6 is 11.6 Å². The number of carbonyl (C=O) groups is 1. The van der Waals surface area contributed by atoms with Gasteiger partial charge in [-0.3, -0.25) is 0 Å². The van der Waals surface area contributed by atoms with Crippen molar-refractivity contribution in [3.05, 3.63) is 34.3 Å². The van der Waals surface area contributed by atoms with E-state index in [0.29, 0.717) is 24.0 Å². The van der Waals surface area contributed by atoms with Crippen molar-refractivity contribution in [1.82, 2.24) is 4.90 Å². The molecule has 0 atom stereocenters. The van der Waals surface area contributed by atoms with Gasteiger partial charge in [-0.25, -0.2) is 4.79 Å². The number of hydrogen-bond acceptors (Lipinski definition) is 3. The van der Waals surface area contributed by atoms with E-state index in [4.69, 9.17) is 21.4 Å². The summed E-state index contributed by atoms with van der Waals surface area (Å²) in [4.78, 5) is 13.8. The van der Waals surface area contributed by atoms with E-state index in [1.165, 1.54) is 0 Å². The average molecular weight is 326 g/mol. The quantitative estimate of drug-likeness (QED) is 0.895. The minimum absolute atomic E-state index is 0.00289. The van der Waals surface area contributed by atoms with Crippen LogP contribution in [0, 0.1) is 0 Å². The first-order valence-electron chi connectivity index (χ1n) is 7.67. The fourth-order valence-corrected chi connectivity index (χ4v) is 3.06. The molecule has 0 aromatic heterocycles. The molecule has 1 saturated heterocycles. The topological polar surface area (TPSA) is 49.8 Å². The first-order valence-corrected chi connectivity index (χ1v) is 8.05. The first-order chi connectivity index (χ1) is 10.3. The van der Waals surface area contributed by atoms with E-state index in [-0.39, 0.29) is 12.7 Å². The minimum Gasteiger partial charge on any atom is -0.444 e. The molecule has 22 heavy (non-hydrogen) atoms. The van der Waals surface area contributed by atoms with Gasteiger partial charge in [0.05, 0.1) is 6.61 Å². The van der Waals surface area contributed by atoms with Gasteiger partial charge in [0.15, 0.2) is 0 Å². The molecule has 1 N–H and O–H groups in total. The SMILES string of the molecule is CC(C)(C)OC(=O)N1CCC(c2ccc(CO)cc2Cl)CC1. The Labute approximate surface area is 137 Å². The summed E-state index contributed by atoms with van der Waals surface area (Å²) in [5.41, 5.74) is 1.46. The molecular weight excluding hydrogens is 302 g/mol. The number of hydrogen-bond donors (Lipinski definition) is 1. The predicted molar refractivity (Wildman–Crippen MR) is 87.2 cm³/mol. The zero-order valence-electron chi connectivity index (χ0n) is 13.4. The van der Waals surface area contributed by atoms with Gasteiger partial charge in [0, 0.05) is 18.1 Å². The lowest BCUT2D eigenvalue weighted by molar-refractivity contribution is 0.0205. The Morgan fingerprint density at radius 3 is 2.50 bits per heavy atom. The maximum absolute atomic E-state index is 12.1. The molecule has 5 heteroatoms. The lowest BCUT2D eigenvalue weighted by Crippen LogP contribution is -2.41. The summed E-state index contributed by atoms with van der Waals surface area (Å²) in [6.07, 6.45) is 1.50. The first kappa shape index (κ1) is 17.1. The summed E-state index contributed by atoms with van der Waals surface area (Å²) >= 11 is 6.31. The van der Waals surface area contributed by atoms with Crippen molar-refractivity contribution in [3.63, 3.8) is 0 Å². The summed E-state index contributed by atoms with van der Waals surface area (Å²) in [6, 6.07) is 5.71. The molecule has 1 aromatic rings. The van der Waals surface area contributed by atoms with E-state index < -0.39 is 5.60 Å². The molecule has 0 unspecified atom stereocenters. The molecule has 2 rings (SSSR count). The lowest BCUT2D eigenvalue weighted by atomic mass is 9.89. The second-order valence-electron chi connectivity index (χ2n) is 6.76. The Morgan fingerprint density at radius 1 is 1.36 bits per heavy atom. The van der Waals surface area contributed by atoms with E-state index in [0.717, 1.165) is 24.0 Å². The summed E-state index contributed by atoms with van der Waals surface area (Å²) in [5.74, 6) is 0.346. The van der Waals surface area contributed by atoms with Crippen LogP contribution in [0.5, 0.6) is 0 Å². The highest BCUT2D eigenvalue weighted by molar-refractivity contribution is 6.31. The van der Waals surface area contributed by atoms with E-state index in [1.54, 1.807) is 4.90 Å². The zero-order valence-corrected chi connectivity index (χ0v) is 14.2. The predicted octanol–water partition coefficient (Wildman–Crippen LogP) is 3.95. The van der Waals surface area contributed by atoms with Crippen LogP contribution in [0.3, 0.4) is 0 Å². The standard InChI is InChI=1S/C17H24ClNO3/c1-17(2,3)22-16(21)19-8-6-13(7-9-19)14-5-4-12(11-20)10-15(14)18/h4-5,10,13,20H,6-9,11H2,1-3H3. The van der Waals surface area contributed by atoms with E-state index in [2.05, 4.69) is 0 Å². The number of likely N-dealkylation sites (tertiary alicyclic amines) is 1. The molecule has 0 aliphatic carbocycles. The Kier molecular flexibility index (Phi) is 5.35. The summed E-state index contributed by atoms with van der Waals surface area (Å²) < 4.78 is 5.41. The highest BCUT2D eigenvalue weighted by atomic mass is 35.5. The molecule has 0 spiro atoms. The highest BCUT2D eigenvalue weighted by Gasteiger charge is 2.28. The molecule has 0 bridgehead atoms. The smallest absolute Gasteiger partial charge is 0.410 e. The number of carbonyl (C=O) groups excluding carboxylic acids is 1. The van der Waals surface area contributed by atoms with E-state index in [1.807, 2.05) is 39.0 Å². The van der Waals surface area contributed by atoms with Gasteiger partial charge in [0.1, 0.15) is 5.60 Å². The third kappa shape index (κ3) is 4.37. The van der Waals surface area contributed by atoms with Crippen LogP contribution in [0.4, 0.5) is 4.79 Å². The molecular formula is C17H24ClNO3. The summed E-state index contributed by atoms with van der Waals surface area (Å²) in [6.45, 7) is 6.98. The number of benzene rings is 1. The Morgan fingerprint density at radius 2 is 2.00 bits per heavy atom. The number of aliphatic hydroxyl groups is 1. The number of ether oxygens (including phenoxy) is 1. The second kappa shape index (κ2) is 6.88. The van der Waals surface area contributed by atoms with Gasteiger partial charge in [-0.05, 0) is 56.7 Å². The van der Waals surface area contributed by atoms with Crippen LogP contribution < -0.4 is 0 Å². The van der Waals surface area contributed by atoms with Crippen LogP contribution in [0.25, 0.3) is 0 Å². The Bertz CT molecular complexity index is 531. The molecule has 1 fully saturated rings. The minimum atomic E-state index is -0.461. The van der Waals surface area contributed by atoms with Crippen LogP contribution in [-0.4, -0.2) is 34.8 Å². The number of piperidine rings is 1. The third-order valence-electron chi connectivity index (χ3n) is 3.83. The number of nitrogens with zero attached hydrogens (tertiary/aromatic N) is 1. The van der Waals surface area contributed by atoms with Crippen LogP contribution in [0.15, 0.2) is 18.2 Å². The fraction of sp³-hybridized carbons (Fsp3) is 0.588. The number of aliphatic hydroxyl groups excluding tert-OH is 1. The molecule has 1 heterocycles. The molecule has 1 aliphatic rings. The maximum Gasteiger partial charge on any atom is 0.410 e. The van der Waals surface area contributed by atoms with Crippen LogP contribution in [-0.2, 0) is 11.3 Å². The van der Waals surface area contributed by atoms with Crippen LogP contribution in [0.1, 0.15) is 50.7 Å². The lowest BCUT2D eigenvalue weighted by Gasteiger charge is -2.34. The summed E-state index contributed by atoms with van der Waals surface area (Å²) in [5, 5.41) is 9.83. The van der Waals surface area contributed by atoms with Gasteiger partial charge in [-0.2, -0.15) is 0 Å². The molecule has 0 radical (unpaired) electrons. The van der Waals surface area contributed by atoms with Crippen molar-refractivity contribution < 1.29 is 14.6 Å².